The quantitative estimate of drug-likeness (QED) is 0.185. The summed E-state index contributed by atoms with van der Waals surface area (Å²) in [5.41, 5.74) is 4.37. The number of nitrogens with zero attached hydrogens (tertiary/aromatic N) is 3. The molecule has 2 saturated carbocycles. The van der Waals surface area contributed by atoms with Gasteiger partial charge in [-0.15, -0.1) is 0 Å². The molecule has 1 aromatic rings. The summed E-state index contributed by atoms with van der Waals surface area (Å²) in [5.74, 6) is -7.80. The van der Waals surface area contributed by atoms with Gasteiger partial charge in [-0.3, -0.25) is 14.4 Å². The van der Waals surface area contributed by atoms with Crippen LogP contribution in [0.5, 0.6) is 5.75 Å². The number of hydrogen-bond acceptors (Lipinski definition) is 11. The van der Waals surface area contributed by atoms with E-state index in [2.05, 4.69) is 5.16 Å². The minimum Gasteiger partial charge on any atom is -0.507 e. The minimum atomic E-state index is -2.70. The maximum atomic E-state index is 14.0. The van der Waals surface area contributed by atoms with Crippen molar-refractivity contribution in [3.05, 3.63) is 28.3 Å². The standard InChI is InChI=1S/C27H36N4O8/c1-7-39-29-11(2)13-10-16(30(3)4)14-8-12-9-15-20(31(5)6)23(34)19(26(28)37)25(36)27(15,38)24(35)17(12)22(33)18(14)21(13)32/h10,12,15,19-20,23,32-34,38H,7-9H2,1-6H3,(H2,28,37)/b29-11+/t12-,15-,19?,20-,23?,27-/m0/s1. The van der Waals surface area contributed by atoms with E-state index >= 15 is 0 Å². The summed E-state index contributed by atoms with van der Waals surface area (Å²) < 4.78 is 0. The molecule has 0 aromatic heterocycles. The number of carbonyl (C=O) groups excluding carboxylic acids is 3. The molecule has 3 aliphatic carbocycles. The van der Waals surface area contributed by atoms with Crippen molar-refractivity contribution in [2.24, 2.45) is 28.6 Å². The number of Topliss-reactive ketones (excluding diaryl/α,β-unsaturated/α-hetero) is 2. The number of amides is 1. The van der Waals surface area contributed by atoms with Crippen molar-refractivity contribution in [1.29, 1.82) is 0 Å². The number of nitrogens with two attached hydrogens (primary N) is 1. The number of oxime groups is 1. The van der Waals surface area contributed by atoms with Crippen LogP contribution in [0.15, 0.2) is 16.8 Å². The molecule has 0 saturated heterocycles. The first-order chi connectivity index (χ1) is 18.2. The van der Waals surface area contributed by atoms with Gasteiger partial charge in [0.15, 0.2) is 11.4 Å². The van der Waals surface area contributed by atoms with E-state index < -0.39 is 58.7 Å². The molecule has 0 heterocycles. The van der Waals surface area contributed by atoms with E-state index in [1.165, 1.54) is 0 Å². The molecule has 4 rings (SSSR count). The van der Waals surface area contributed by atoms with E-state index in [1.807, 2.05) is 4.90 Å². The summed E-state index contributed by atoms with van der Waals surface area (Å²) in [6.45, 7) is 3.69. The Hall–Kier alpha value is -3.48. The van der Waals surface area contributed by atoms with Crippen LogP contribution in [-0.4, -0.2) is 101 Å². The second-order valence-corrected chi connectivity index (χ2v) is 10.9. The SMILES string of the molecule is CCO/N=C(\C)c1cc(N(C)C)c2c(c1O)C(O)=C1C(=O)[C@]3(O)C(=O)C(C(N)=O)C(O)[C@@H](N(C)C)[C@@H]3C[C@@H]1C2. The number of aliphatic hydroxyl groups excluding tert-OH is 2. The highest BCUT2D eigenvalue weighted by Crippen LogP contribution is 2.53. The second kappa shape index (κ2) is 9.92. The molecule has 12 heteroatoms. The molecule has 0 bridgehead atoms. The Morgan fingerprint density at radius 3 is 2.41 bits per heavy atom. The first kappa shape index (κ1) is 28.5. The molecule has 2 fully saturated rings. The van der Waals surface area contributed by atoms with Gasteiger partial charge < -0.3 is 40.8 Å². The van der Waals surface area contributed by atoms with Crippen LogP contribution >= 0.6 is 0 Å². The lowest BCUT2D eigenvalue weighted by atomic mass is 9.54. The zero-order valence-electron chi connectivity index (χ0n) is 22.9. The van der Waals surface area contributed by atoms with Gasteiger partial charge in [-0.1, -0.05) is 5.16 Å². The molecule has 12 nitrogen and oxygen atoms in total. The van der Waals surface area contributed by atoms with Gasteiger partial charge in [0.05, 0.1) is 17.4 Å². The molecule has 3 aliphatic rings. The van der Waals surface area contributed by atoms with E-state index in [4.69, 9.17) is 10.6 Å². The summed E-state index contributed by atoms with van der Waals surface area (Å²) in [6, 6.07) is 0.778. The molecule has 6 N–H and O–H groups in total. The fraction of sp³-hybridized carbons (Fsp3) is 0.556. The molecule has 6 atom stereocenters. The molecule has 212 valence electrons. The number of aliphatic hydroxyl groups is 3. The van der Waals surface area contributed by atoms with Crippen LogP contribution in [0.3, 0.4) is 0 Å². The Morgan fingerprint density at radius 1 is 1.23 bits per heavy atom. The lowest BCUT2D eigenvalue weighted by Crippen LogP contribution is -2.73. The maximum Gasteiger partial charge on any atom is 0.230 e. The number of ketones is 2. The van der Waals surface area contributed by atoms with Gasteiger partial charge in [0.25, 0.3) is 0 Å². The predicted molar refractivity (Wildman–Crippen MR) is 142 cm³/mol. The van der Waals surface area contributed by atoms with Crippen molar-refractivity contribution in [3.63, 3.8) is 0 Å². The van der Waals surface area contributed by atoms with Crippen LogP contribution in [-0.2, 0) is 25.6 Å². The van der Waals surface area contributed by atoms with Crippen LogP contribution < -0.4 is 10.6 Å². The van der Waals surface area contributed by atoms with Gasteiger partial charge in [-0.25, -0.2) is 0 Å². The van der Waals surface area contributed by atoms with Gasteiger partial charge in [0.2, 0.25) is 11.7 Å². The van der Waals surface area contributed by atoms with Crippen molar-refractivity contribution in [1.82, 2.24) is 4.90 Å². The van der Waals surface area contributed by atoms with Crippen molar-refractivity contribution >= 4 is 34.6 Å². The third-order valence-corrected chi connectivity index (χ3v) is 8.27. The van der Waals surface area contributed by atoms with Crippen LogP contribution in [0.1, 0.15) is 37.0 Å². The van der Waals surface area contributed by atoms with Gasteiger partial charge >= 0.3 is 0 Å². The molecular formula is C27H36N4O8. The largest absolute Gasteiger partial charge is 0.507 e. The topological polar surface area (TPSA) is 186 Å². The number of rotatable bonds is 6. The van der Waals surface area contributed by atoms with E-state index in [9.17, 15) is 34.8 Å². The Labute approximate surface area is 226 Å². The number of benzene rings is 1. The van der Waals surface area contributed by atoms with Crippen LogP contribution in [0, 0.1) is 17.8 Å². The monoisotopic (exact) mass is 544 g/mol. The number of aromatic hydroxyl groups is 1. The maximum absolute atomic E-state index is 14.0. The van der Waals surface area contributed by atoms with Crippen molar-refractivity contribution in [2.45, 2.75) is 44.4 Å². The second-order valence-electron chi connectivity index (χ2n) is 10.9. The zero-order valence-corrected chi connectivity index (χ0v) is 22.9. The molecule has 0 aliphatic heterocycles. The van der Waals surface area contributed by atoms with E-state index in [0.29, 0.717) is 23.6 Å². The van der Waals surface area contributed by atoms with Crippen LogP contribution in [0.25, 0.3) is 5.76 Å². The van der Waals surface area contributed by atoms with Crippen LogP contribution in [0.4, 0.5) is 5.69 Å². The molecule has 1 amide bonds. The first-order valence-corrected chi connectivity index (χ1v) is 12.8. The Kier molecular flexibility index (Phi) is 7.26. The first-order valence-electron chi connectivity index (χ1n) is 12.8. The molecule has 0 spiro atoms. The zero-order chi connectivity index (χ0) is 29.1. The third-order valence-electron chi connectivity index (χ3n) is 8.27. The lowest BCUT2D eigenvalue weighted by Gasteiger charge is -2.53. The number of fused-ring (bicyclic) bond motifs is 3. The van der Waals surface area contributed by atoms with Crippen molar-refractivity contribution in [3.8, 4) is 5.75 Å². The van der Waals surface area contributed by atoms with Gasteiger partial charge in [0, 0.05) is 42.9 Å². The van der Waals surface area contributed by atoms with Gasteiger partial charge in [-0.2, -0.15) is 0 Å². The van der Waals surface area contributed by atoms with Gasteiger partial charge in [-0.05, 0) is 58.3 Å². The third kappa shape index (κ3) is 4.09. The lowest BCUT2D eigenvalue weighted by molar-refractivity contribution is -0.184. The summed E-state index contributed by atoms with van der Waals surface area (Å²) in [6.07, 6.45) is -1.27. The van der Waals surface area contributed by atoms with E-state index in [-0.39, 0.29) is 35.3 Å². The van der Waals surface area contributed by atoms with E-state index in [0.717, 1.165) is 0 Å². The predicted octanol–water partition coefficient (Wildman–Crippen LogP) is -0.0445. The number of carbonyl (C=O) groups is 3. The summed E-state index contributed by atoms with van der Waals surface area (Å²) in [4.78, 5) is 48.1. The van der Waals surface area contributed by atoms with Crippen molar-refractivity contribution < 1.29 is 39.6 Å². The number of anilines is 1. The highest BCUT2D eigenvalue weighted by Gasteiger charge is 2.67. The smallest absolute Gasteiger partial charge is 0.230 e. The summed E-state index contributed by atoms with van der Waals surface area (Å²) in [5, 5.41) is 49.5. The molecule has 2 unspecified atom stereocenters. The number of likely N-dealkylation sites (N-methyl/N-ethyl adjacent to an activating group) is 1. The number of phenolic OH excluding ortho intramolecular Hbond substituents is 1. The normalized spacial score (nSPS) is 30.6. The van der Waals surface area contributed by atoms with Crippen molar-refractivity contribution in [2.75, 3.05) is 39.7 Å². The average molecular weight is 545 g/mol. The van der Waals surface area contributed by atoms with E-state index in [1.54, 1.807) is 53.0 Å². The highest BCUT2D eigenvalue weighted by molar-refractivity contribution is 6.25. The van der Waals surface area contributed by atoms with Gasteiger partial charge in [0.1, 0.15) is 24.0 Å². The average Bonchev–Trinajstić information content (AvgIpc) is 2.84. The molecule has 39 heavy (non-hydrogen) atoms. The molecule has 0 radical (unpaired) electrons. The number of hydrogen-bond donors (Lipinski definition) is 5. The fourth-order valence-corrected chi connectivity index (χ4v) is 6.54. The molecule has 1 aromatic carbocycles. The summed E-state index contributed by atoms with van der Waals surface area (Å²) >= 11 is 0. The fourth-order valence-electron chi connectivity index (χ4n) is 6.54. The van der Waals surface area contributed by atoms with Crippen LogP contribution in [0.2, 0.25) is 0 Å². The number of primary amides is 1. The summed E-state index contributed by atoms with van der Waals surface area (Å²) in [7, 11) is 6.83. The Bertz CT molecular complexity index is 1300. The Morgan fingerprint density at radius 2 is 1.87 bits per heavy atom. The Balaban J connectivity index is 1.96. The number of phenols is 1. The molecular weight excluding hydrogens is 508 g/mol. The minimum absolute atomic E-state index is 0.00259. The highest BCUT2D eigenvalue weighted by atomic mass is 16.6.